The summed E-state index contributed by atoms with van der Waals surface area (Å²) >= 11 is 0. The lowest BCUT2D eigenvalue weighted by atomic mass is 10.0. The Hall–Kier alpha value is -2.30. The first-order valence-corrected chi connectivity index (χ1v) is 5.40. The Morgan fingerprint density at radius 1 is 1.40 bits per heavy atom. The first-order valence-electron chi connectivity index (χ1n) is 5.40. The Bertz CT molecular complexity index is 557. The summed E-state index contributed by atoms with van der Waals surface area (Å²) in [6.45, 7) is 0.107. The standard InChI is InChI=1S/C11H9F4N5/c12-9-4-7(3-8(5-9)11(13,14)15)10(6-16)18-1-2-19-20-17/h3-5,10,18H,1-2H2. The van der Waals surface area contributed by atoms with E-state index < -0.39 is 23.6 Å². The summed E-state index contributed by atoms with van der Waals surface area (Å²) in [4.78, 5) is 2.48. The van der Waals surface area contributed by atoms with Gasteiger partial charge in [0.15, 0.2) is 0 Å². The first-order chi connectivity index (χ1) is 9.38. The lowest BCUT2D eigenvalue weighted by Crippen LogP contribution is -2.23. The van der Waals surface area contributed by atoms with Gasteiger partial charge >= 0.3 is 6.18 Å². The fraction of sp³-hybridized carbons (Fsp3) is 0.364. The second kappa shape index (κ2) is 6.75. The number of nitrogens with one attached hydrogen (secondary N) is 1. The van der Waals surface area contributed by atoms with E-state index in [9.17, 15) is 17.6 Å². The van der Waals surface area contributed by atoms with Crippen LogP contribution in [0.4, 0.5) is 17.6 Å². The predicted octanol–water partition coefficient (Wildman–Crippen LogP) is 3.31. The van der Waals surface area contributed by atoms with Crippen LogP contribution in [0.1, 0.15) is 17.2 Å². The fourth-order valence-electron chi connectivity index (χ4n) is 1.48. The minimum atomic E-state index is -4.69. The summed E-state index contributed by atoms with van der Waals surface area (Å²) in [6.07, 6.45) is -4.69. The number of nitriles is 1. The first kappa shape index (κ1) is 15.8. The average Bonchev–Trinajstić information content (AvgIpc) is 2.37. The molecule has 1 N–H and O–H groups in total. The van der Waals surface area contributed by atoms with E-state index in [1.54, 1.807) is 6.07 Å². The molecule has 0 heterocycles. The van der Waals surface area contributed by atoms with E-state index in [2.05, 4.69) is 15.3 Å². The molecule has 0 aromatic heterocycles. The molecule has 106 valence electrons. The molecule has 0 saturated heterocycles. The zero-order valence-electron chi connectivity index (χ0n) is 10.0. The van der Waals surface area contributed by atoms with Gasteiger partial charge in [-0.1, -0.05) is 5.11 Å². The van der Waals surface area contributed by atoms with E-state index in [0.29, 0.717) is 12.1 Å². The number of azide groups is 1. The molecule has 0 saturated carbocycles. The number of nitrogens with zero attached hydrogens (tertiary/aromatic N) is 4. The van der Waals surface area contributed by atoms with E-state index in [4.69, 9.17) is 10.8 Å². The lowest BCUT2D eigenvalue weighted by molar-refractivity contribution is -0.137. The minimum absolute atomic E-state index is 0.0239. The Kier molecular flexibility index (Phi) is 5.32. The maximum Gasteiger partial charge on any atom is 0.416 e. The summed E-state index contributed by atoms with van der Waals surface area (Å²) < 4.78 is 50.8. The third-order valence-corrected chi connectivity index (χ3v) is 2.33. The van der Waals surface area contributed by atoms with Crippen LogP contribution in [-0.4, -0.2) is 13.1 Å². The Labute approximate surface area is 111 Å². The molecular formula is C11H9F4N5. The molecule has 0 amide bonds. The van der Waals surface area contributed by atoms with E-state index in [1.165, 1.54) is 0 Å². The van der Waals surface area contributed by atoms with E-state index in [-0.39, 0.29) is 18.7 Å². The fourth-order valence-corrected chi connectivity index (χ4v) is 1.48. The maximum absolute atomic E-state index is 13.2. The summed E-state index contributed by atoms with van der Waals surface area (Å²) in [5, 5.41) is 14.7. The molecule has 1 aromatic carbocycles. The molecule has 20 heavy (non-hydrogen) atoms. The van der Waals surface area contributed by atoms with Crippen molar-refractivity contribution in [2.75, 3.05) is 13.1 Å². The SMILES string of the molecule is N#CC(NCCN=[N+]=[N-])c1cc(F)cc(C(F)(F)F)c1. The molecule has 0 bridgehead atoms. The van der Waals surface area contributed by atoms with E-state index in [1.807, 2.05) is 0 Å². The lowest BCUT2D eigenvalue weighted by Gasteiger charge is -2.14. The molecule has 0 spiro atoms. The van der Waals surface area contributed by atoms with Crippen LogP contribution in [0.3, 0.4) is 0 Å². The number of rotatable bonds is 5. The quantitative estimate of drug-likeness (QED) is 0.296. The van der Waals surface area contributed by atoms with Crippen LogP contribution in [0.25, 0.3) is 10.4 Å². The summed E-state index contributed by atoms with van der Waals surface area (Å²) in [7, 11) is 0. The zero-order valence-corrected chi connectivity index (χ0v) is 10.0. The van der Waals surface area contributed by atoms with Gasteiger partial charge in [-0.3, -0.25) is 5.32 Å². The second-order valence-corrected chi connectivity index (χ2v) is 3.74. The highest BCUT2D eigenvalue weighted by molar-refractivity contribution is 5.31. The molecule has 1 atom stereocenters. The molecule has 0 fully saturated rings. The molecular weight excluding hydrogens is 278 g/mol. The van der Waals surface area contributed by atoms with Crippen molar-refractivity contribution in [1.82, 2.24) is 5.32 Å². The Morgan fingerprint density at radius 3 is 2.65 bits per heavy atom. The monoisotopic (exact) mass is 287 g/mol. The van der Waals surface area contributed by atoms with Crippen molar-refractivity contribution in [3.63, 3.8) is 0 Å². The molecule has 0 radical (unpaired) electrons. The van der Waals surface area contributed by atoms with Gasteiger partial charge in [0.25, 0.3) is 0 Å². The van der Waals surface area contributed by atoms with Crippen LogP contribution in [0, 0.1) is 17.1 Å². The summed E-state index contributed by atoms with van der Waals surface area (Å²) in [6, 6.07) is 2.51. The molecule has 0 aliphatic carbocycles. The number of hydrogen-bond donors (Lipinski definition) is 1. The predicted molar refractivity (Wildman–Crippen MR) is 61.8 cm³/mol. The van der Waals surface area contributed by atoms with Gasteiger partial charge in [0.2, 0.25) is 0 Å². The number of alkyl halides is 3. The highest BCUT2D eigenvalue weighted by atomic mass is 19.4. The summed E-state index contributed by atoms with van der Waals surface area (Å²) in [5.41, 5.74) is 6.76. The van der Waals surface area contributed by atoms with Crippen LogP contribution in [0.2, 0.25) is 0 Å². The van der Waals surface area contributed by atoms with Gasteiger partial charge in [0.1, 0.15) is 11.9 Å². The second-order valence-electron chi connectivity index (χ2n) is 3.74. The Morgan fingerprint density at radius 2 is 2.10 bits per heavy atom. The molecule has 9 heteroatoms. The van der Waals surface area contributed by atoms with Crippen molar-refractivity contribution in [2.45, 2.75) is 12.2 Å². The van der Waals surface area contributed by atoms with Gasteiger partial charge in [0.05, 0.1) is 11.6 Å². The normalized spacial score (nSPS) is 12.3. The van der Waals surface area contributed by atoms with Crippen LogP contribution in [0.5, 0.6) is 0 Å². The highest BCUT2D eigenvalue weighted by Crippen LogP contribution is 2.31. The Balaban J connectivity index is 2.95. The van der Waals surface area contributed by atoms with Crippen LogP contribution >= 0.6 is 0 Å². The largest absolute Gasteiger partial charge is 0.416 e. The van der Waals surface area contributed by atoms with Crippen molar-refractivity contribution >= 4 is 0 Å². The number of halogens is 4. The van der Waals surface area contributed by atoms with Gasteiger partial charge in [-0.25, -0.2) is 4.39 Å². The van der Waals surface area contributed by atoms with E-state index in [0.717, 1.165) is 6.07 Å². The molecule has 1 rings (SSSR count). The topological polar surface area (TPSA) is 84.6 Å². The molecule has 5 nitrogen and oxygen atoms in total. The zero-order chi connectivity index (χ0) is 15.2. The average molecular weight is 287 g/mol. The highest BCUT2D eigenvalue weighted by Gasteiger charge is 2.32. The molecule has 0 aliphatic heterocycles. The van der Waals surface area contributed by atoms with Crippen LogP contribution < -0.4 is 5.32 Å². The van der Waals surface area contributed by atoms with Crippen molar-refractivity contribution in [3.8, 4) is 6.07 Å². The van der Waals surface area contributed by atoms with Crippen molar-refractivity contribution < 1.29 is 17.6 Å². The number of benzene rings is 1. The third-order valence-electron chi connectivity index (χ3n) is 2.33. The van der Waals surface area contributed by atoms with Gasteiger partial charge in [0, 0.05) is 18.0 Å². The van der Waals surface area contributed by atoms with Crippen molar-refractivity contribution in [3.05, 3.63) is 45.6 Å². The molecule has 1 unspecified atom stereocenters. The van der Waals surface area contributed by atoms with Gasteiger partial charge in [-0.05, 0) is 29.3 Å². The third kappa shape index (κ3) is 4.42. The van der Waals surface area contributed by atoms with Gasteiger partial charge in [-0.15, -0.1) is 0 Å². The molecule has 1 aromatic rings. The molecule has 0 aliphatic rings. The van der Waals surface area contributed by atoms with Crippen molar-refractivity contribution in [1.29, 1.82) is 5.26 Å². The smallest absolute Gasteiger partial charge is 0.298 e. The van der Waals surface area contributed by atoms with Crippen LogP contribution in [-0.2, 0) is 6.18 Å². The summed E-state index contributed by atoms with van der Waals surface area (Å²) in [5.74, 6) is -1.08. The van der Waals surface area contributed by atoms with Crippen LogP contribution in [0.15, 0.2) is 23.3 Å². The van der Waals surface area contributed by atoms with E-state index >= 15 is 0 Å². The maximum atomic E-state index is 13.2. The number of hydrogen-bond acceptors (Lipinski definition) is 3. The van der Waals surface area contributed by atoms with Crippen molar-refractivity contribution in [2.24, 2.45) is 5.11 Å². The minimum Gasteiger partial charge on any atom is -0.298 e. The van der Waals surface area contributed by atoms with Gasteiger partial charge < -0.3 is 0 Å². The van der Waals surface area contributed by atoms with Gasteiger partial charge in [-0.2, -0.15) is 18.4 Å².